The second kappa shape index (κ2) is 5.74. The lowest BCUT2D eigenvalue weighted by atomic mass is 9.85. The summed E-state index contributed by atoms with van der Waals surface area (Å²) < 4.78 is 5.53. The number of halogens is 1. The number of carbonyl (C=O) groups excluding carboxylic acids is 2. The highest BCUT2D eigenvalue weighted by Gasteiger charge is 2.59. The van der Waals surface area contributed by atoms with Gasteiger partial charge in [0, 0.05) is 10.6 Å². The number of allylic oxidation sites excluding steroid dienone is 2. The Hall–Kier alpha value is -2.14. The summed E-state index contributed by atoms with van der Waals surface area (Å²) in [6, 6.07) is 5.18. The molecule has 0 spiro atoms. The molecule has 3 aliphatic rings. The Balaban J connectivity index is 1.60. The predicted molar refractivity (Wildman–Crippen MR) is 89.8 cm³/mol. The van der Waals surface area contributed by atoms with E-state index < -0.39 is 0 Å². The molecule has 1 saturated heterocycles. The van der Waals surface area contributed by atoms with Crippen molar-refractivity contribution in [2.45, 2.75) is 13.3 Å². The molecule has 1 saturated carbocycles. The first-order valence-corrected chi connectivity index (χ1v) is 8.50. The highest BCUT2D eigenvalue weighted by Crippen LogP contribution is 2.52. The summed E-state index contributed by atoms with van der Waals surface area (Å²) in [5.41, 5.74) is 0.642. The van der Waals surface area contributed by atoms with Crippen LogP contribution >= 0.6 is 11.6 Å². The van der Waals surface area contributed by atoms with Gasteiger partial charge in [-0.05, 0) is 43.4 Å². The third-order valence-corrected chi connectivity index (χ3v) is 5.27. The molecule has 0 unspecified atom stereocenters. The van der Waals surface area contributed by atoms with Crippen LogP contribution in [0.15, 0.2) is 35.5 Å². The van der Waals surface area contributed by atoms with Crippen LogP contribution in [-0.4, -0.2) is 29.6 Å². The summed E-state index contributed by atoms with van der Waals surface area (Å²) in [4.78, 5) is 25.2. The quantitative estimate of drug-likeness (QED) is 0.479. The van der Waals surface area contributed by atoms with Crippen molar-refractivity contribution in [3.8, 4) is 5.75 Å². The molecule has 24 heavy (non-hydrogen) atoms. The van der Waals surface area contributed by atoms with Gasteiger partial charge in [0.05, 0.1) is 24.7 Å². The van der Waals surface area contributed by atoms with E-state index in [9.17, 15) is 9.59 Å². The summed E-state index contributed by atoms with van der Waals surface area (Å²) in [5.74, 6) is 0.109. The van der Waals surface area contributed by atoms with Gasteiger partial charge in [0.2, 0.25) is 0 Å². The van der Waals surface area contributed by atoms with E-state index >= 15 is 0 Å². The minimum absolute atomic E-state index is 0.182. The molecule has 4 atom stereocenters. The van der Waals surface area contributed by atoms with Crippen LogP contribution in [0.2, 0.25) is 5.02 Å². The van der Waals surface area contributed by atoms with Crippen molar-refractivity contribution in [1.29, 1.82) is 0 Å². The van der Waals surface area contributed by atoms with E-state index in [1.807, 2.05) is 6.92 Å². The number of ether oxygens (including phenoxy) is 1. The van der Waals surface area contributed by atoms with E-state index in [0.717, 1.165) is 11.4 Å². The average Bonchev–Trinajstić information content (AvgIpc) is 3.23. The van der Waals surface area contributed by atoms with Gasteiger partial charge in [-0.25, -0.2) is 0 Å². The molecule has 1 aromatic rings. The number of benzene rings is 1. The fourth-order valence-electron chi connectivity index (χ4n) is 4.03. The molecule has 2 bridgehead atoms. The van der Waals surface area contributed by atoms with Gasteiger partial charge in [0.1, 0.15) is 5.75 Å². The first-order chi connectivity index (χ1) is 11.6. The smallest absolute Gasteiger partial charge is 0.254 e. The summed E-state index contributed by atoms with van der Waals surface area (Å²) in [7, 11) is 0. The Bertz CT molecular complexity index is 744. The van der Waals surface area contributed by atoms with Crippen molar-refractivity contribution in [3.63, 3.8) is 0 Å². The molecule has 1 heterocycles. The molecule has 1 aromatic carbocycles. The Labute approximate surface area is 144 Å². The number of amides is 2. The van der Waals surface area contributed by atoms with Crippen LogP contribution in [0, 0.1) is 23.7 Å². The number of hydrogen-bond acceptors (Lipinski definition) is 4. The topological polar surface area (TPSA) is 59.0 Å². The van der Waals surface area contributed by atoms with Gasteiger partial charge < -0.3 is 4.74 Å². The lowest BCUT2D eigenvalue weighted by Crippen LogP contribution is -2.28. The van der Waals surface area contributed by atoms with E-state index in [2.05, 4.69) is 17.3 Å². The highest BCUT2D eigenvalue weighted by molar-refractivity contribution is 6.30. The molecule has 0 radical (unpaired) electrons. The molecule has 1 aliphatic heterocycles. The zero-order chi connectivity index (χ0) is 16.8. The third-order valence-electron chi connectivity index (χ3n) is 5.03. The maximum Gasteiger partial charge on any atom is 0.254 e. The second-order valence-corrected chi connectivity index (χ2v) is 6.78. The number of hydrogen-bond donors (Lipinski definition) is 0. The number of nitrogens with zero attached hydrogens (tertiary/aromatic N) is 2. The van der Waals surface area contributed by atoms with Gasteiger partial charge in [-0.3, -0.25) is 9.59 Å². The summed E-state index contributed by atoms with van der Waals surface area (Å²) in [6.07, 6.45) is 6.51. The van der Waals surface area contributed by atoms with Crippen molar-refractivity contribution >= 4 is 29.6 Å². The van der Waals surface area contributed by atoms with Gasteiger partial charge in [-0.1, -0.05) is 23.8 Å². The minimum atomic E-state index is -0.240. The SMILES string of the molecule is CCOc1ccc(Cl)cc1/C=N\N1C(=O)[C@@H]2[C@@H](C1=O)[C@H]1C=C[C@@H]2C1. The highest BCUT2D eigenvalue weighted by atomic mass is 35.5. The third kappa shape index (κ3) is 2.26. The molecule has 2 amide bonds. The molecule has 4 rings (SSSR count). The molecule has 5 nitrogen and oxygen atoms in total. The van der Waals surface area contributed by atoms with Crippen LogP contribution in [0.1, 0.15) is 18.9 Å². The van der Waals surface area contributed by atoms with Crippen molar-refractivity contribution in [2.24, 2.45) is 28.8 Å². The number of hydrazone groups is 1. The molecule has 0 aromatic heterocycles. The largest absolute Gasteiger partial charge is 0.493 e. The van der Waals surface area contributed by atoms with Crippen LogP contribution in [-0.2, 0) is 9.59 Å². The standard InChI is InChI=1S/C18H17ClN2O3/c1-2-24-14-6-5-13(19)8-12(14)9-20-21-17(22)15-10-3-4-11(7-10)16(15)18(21)23/h3-6,8-11,15-16H,2,7H2,1H3/b20-9-/t10-,11+,15-,16-/m0/s1. The summed E-state index contributed by atoms with van der Waals surface area (Å²) in [5, 5.41) is 5.73. The van der Waals surface area contributed by atoms with E-state index in [1.54, 1.807) is 18.2 Å². The Morgan fingerprint density at radius 1 is 1.25 bits per heavy atom. The van der Waals surface area contributed by atoms with Gasteiger partial charge in [-0.15, -0.1) is 0 Å². The van der Waals surface area contributed by atoms with Crippen LogP contribution < -0.4 is 4.74 Å². The Morgan fingerprint density at radius 2 is 1.92 bits per heavy atom. The zero-order valence-corrected chi connectivity index (χ0v) is 13.9. The summed E-state index contributed by atoms with van der Waals surface area (Å²) >= 11 is 6.02. The minimum Gasteiger partial charge on any atom is -0.493 e. The van der Waals surface area contributed by atoms with Crippen LogP contribution in [0.25, 0.3) is 0 Å². The second-order valence-electron chi connectivity index (χ2n) is 6.35. The number of fused-ring (bicyclic) bond motifs is 5. The van der Waals surface area contributed by atoms with Crippen molar-refractivity contribution < 1.29 is 14.3 Å². The predicted octanol–water partition coefficient (Wildman–Crippen LogP) is 2.88. The number of rotatable bonds is 4. The molecule has 2 fully saturated rings. The van der Waals surface area contributed by atoms with Crippen LogP contribution in [0.5, 0.6) is 5.75 Å². The van der Waals surface area contributed by atoms with E-state index in [1.165, 1.54) is 6.21 Å². The lowest BCUT2D eigenvalue weighted by Gasteiger charge is -2.13. The maximum absolute atomic E-state index is 12.6. The molecule has 6 heteroatoms. The average molecular weight is 345 g/mol. The summed E-state index contributed by atoms with van der Waals surface area (Å²) in [6.45, 7) is 2.39. The molecule has 2 aliphatic carbocycles. The first kappa shape index (κ1) is 15.4. The van der Waals surface area contributed by atoms with Gasteiger partial charge in [-0.2, -0.15) is 10.1 Å². The van der Waals surface area contributed by atoms with Gasteiger partial charge in [0.15, 0.2) is 0 Å². The molecular weight excluding hydrogens is 328 g/mol. The fourth-order valence-corrected chi connectivity index (χ4v) is 4.21. The van der Waals surface area contributed by atoms with Crippen molar-refractivity contribution in [2.75, 3.05) is 6.61 Å². The van der Waals surface area contributed by atoms with E-state index in [4.69, 9.17) is 16.3 Å². The Morgan fingerprint density at radius 3 is 2.54 bits per heavy atom. The molecular formula is C18H17ClN2O3. The Kier molecular flexibility index (Phi) is 3.68. The van der Waals surface area contributed by atoms with Crippen molar-refractivity contribution in [1.82, 2.24) is 5.01 Å². The van der Waals surface area contributed by atoms with Crippen LogP contribution in [0.3, 0.4) is 0 Å². The lowest BCUT2D eigenvalue weighted by molar-refractivity contribution is -0.140. The van der Waals surface area contributed by atoms with Gasteiger partial charge in [0.25, 0.3) is 11.8 Å². The fraction of sp³-hybridized carbons (Fsp3) is 0.389. The monoisotopic (exact) mass is 344 g/mol. The van der Waals surface area contributed by atoms with E-state index in [-0.39, 0.29) is 35.5 Å². The molecule has 0 N–H and O–H groups in total. The zero-order valence-electron chi connectivity index (χ0n) is 13.2. The maximum atomic E-state index is 12.6. The first-order valence-electron chi connectivity index (χ1n) is 8.12. The van der Waals surface area contributed by atoms with E-state index in [0.29, 0.717) is 22.9 Å². The van der Waals surface area contributed by atoms with Crippen molar-refractivity contribution in [3.05, 3.63) is 40.9 Å². The number of imide groups is 1. The number of carbonyl (C=O) groups is 2. The normalized spacial score (nSPS) is 30.7. The van der Waals surface area contributed by atoms with Gasteiger partial charge >= 0.3 is 0 Å². The molecule has 124 valence electrons. The van der Waals surface area contributed by atoms with Crippen LogP contribution in [0.4, 0.5) is 0 Å².